The van der Waals surface area contributed by atoms with Gasteiger partial charge in [-0.1, -0.05) is 6.07 Å². The molecule has 1 amide bonds. The molecule has 0 radical (unpaired) electrons. The van der Waals surface area contributed by atoms with E-state index in [1.807, 2.05) is 25.1 Å². The van der Waals surface area contributed by atoms with Crippen LogP contribution in [0.1, 0.15) is 16.1 Å². The lowest BCUT2D eigenvalue weighted by Crippen LogP contribution is -2.05. The van der Waals surface area contributed by atoms with E-state index in [1.165, 1.54) is 5.56 Å². The number of hydrogen-bond acceptors (Lipinski definition) is 2. The van der Waals surface area contributed by atoms with Crippen LogP contribution in [0.25, 0.3) is 10.8 Å². The monoisotopic (exact) mass is 184 g/mol. The molecule has 68 valence electrons. The molecule has 2 heterocycles. The number of nitrogens with zero attached hydrogens (tertiary/aromatic N) is 1. The number of rotatable bonds is 0. The third-order valence-electron chi connectivity index (χ3n) is 2.61. The van der Waals surface area contributed by atoms with Crippen molar-refractivity contribution < 1.29 is 4.79 Å². The van der Waals surface area contributed by atoms with Crippen molar-refractivity contribution in [2.45, 2.75) is 6.92 Å². The largest absolute Gasteiger partial charge is 0.320 e. The molecular weight excluding hydrogens is 176 g/mol. The molecule has 2 aromatic rings. The highest BCUT2D eigenvalue weighted by Crippen LogP contribution is 2.32. The number of carbonyl (C=O) groups is 1. The number of nitrogens with one attached hydrogen (secondary N) is 1. The molecule has 14 heavy (non-hydrogen) atoms. The summed E-state index contributed by atoms with van der Waals surface area (Å²) >= 11 is 0. The second-order valence-electron chi connectivity index (χ2n) is 3.47. The van der Waals surface area contributed by atoms with Crippen LogP contribution in [-0.2, 0) is 0 Å². The minimum absolute atomic E-state index is 0.101. The Hall–Kier alpha value is -1.90. The smallest absolute Gasteiger partial charge is 0.274 e. The maximum Gasteiger partial charge on any atom is 0.274 e. The molecule has 1 N–H and O–H groups in total. The predicted molar refractivity (Wildman–Crippen MR) is 54.4 cm³/mol. The Bertz CT molecular complexity index is 560. The first-order chi connectivity index (χ1) is 6.77. The topological polar surface area (TPSA) is 42.0 Å². The van der Waals surface area contributed by atoms with E-state index in [2.05, 4.69) is 10.3 Å². The number of hydrogen-bond donors (Lipinski definition) is 1. The van der Waals surface area contributed by atoms with E-state index in [9.17, 15) is 4.79 Å². The van der Waals surface area contributed by atoms with E-state index in [-0.39, 0.29) is 5.91 Å². The van der Waals surface area contributed by atoms with Gasteiger partial charge in [0, 0.05) is 11.6 Å². The molecule has 3 heteroatoms. The van der Waals surface area contributed by atoms with Crippen LogP contribution in [0.5, 0.6) is 0 Å². The highest BCUT2D eigenvalue weighted by molar-refractivity contribution is 6.22. The number of aromatic nitrogens is 1. The average molecular weight is 184 g/mol. The minimum atomic E-state index is -0.101. The standard InChI is InChI=1S/C11H8N2O/c1-6-2-3-8-9-7(6)4-5-12-10(9)11(14)13-8/h2-5H,1H3,(H,13,14). The molecule has 0 bridgehead atoms. The Kier molecular flexibility index (Phi) is 1.24. The summed E-state index contributed by atoms with van der Waals surface area (Å²) in [5.41, 5.74) is 2.59. The van der Waals surface area contributed by atoms with Gasteiger partial charge in [-0.15, -0.1) is 0 Å². The summed E-state index contributed by atoms with van der Waals surface area (Å²) < 4.78 is 0. The van der Waals surface area contributed by atoms with E-state index < -0.39 is 0 Å². The van der Waals surface area contributed by atoms with Gasteiger partial charge in [-0.25, -0.2) is 0 Å². The Balaban J connectivity index is 2.58. The number of amides is 1. The zero-order valence-corrected chi connectivity index (χ0v) is 7.66. The summed E-state index contributed by atoms with van der Waals surface area (Å²) in [4.78, 5) is 15.6. The number of aryl methyl sites for hydroxylation is 1. The number of benzene rings is 1. The summed E-state index contributed by atoms with van der Waals surface area (Å²) in [5.74, 6) is -0.101. The van der Waals surface area contributed by atoms with Crippen LogP contribution in [-0.4, -0.2) is 10.9 Å². The second-order valence-corrected chi connectivity index (χ2v) is 3.47. The third kappa shape index (κ3) is 0.763. The maximum atomic E-state index is 11.5. The van der Waals surface area contributed by atoms with E-state index >= 15 is 0 Å². The second kappa shape index (κ2) is 2.32. The van der Waals surface area contributed by atoms with Gasteiger partial charge in [0.1, 0.15) is 5.69 Å². The van der Waals surface area contributed by atoms with Gasteiger partial charge < -0.3 is 5.32 Å². The van der Waals surface area contributed by atoms with Gasteiger partial charge in [0.2, 0.25) is 0 Å². The van der Waals surface area contributed by atoms with Gasteiger partial charge in [0.25, 0.3) is 5.91 Å². The van der Waals surface area contributed by atoms with E-state index in [0.29, 0.717) is 5.69 Å². The summed E-state index contributed by atoms with van der Waals surface area (Å²) in [6.07, 6.45) is 1.68. The zero-order chi connectivity index (χ0) is 9.71. The van der Waals surface area contributed by atoms with Crippen LogP contribution >= 0.6 is 0 Å². The number of carbonyl (C=O) groups excluding carboxylic acids is 1. The molecule has 0 saturated carbocycles. The van der Waals surface area contributed by atoms with Gasteiger partial charge in [-0.3, -0.25) is 9.78 Å². The molecule has 1 aliphatic heterocycles. The molecule has 0 spiro atoms. The first kappa shape index (κ1) is 7.50. The van der Waals surface area contributed by atoms with E-state index in [4.69, 9.17) is 0 Å². The summed E-state index contributed by atoms with van der Waals surface area (Å²) in [6.45, 7) is 2.03. The molecular formula is C11H8N2O. The summed E-state index contributed by atoms with van der Waals surface area (Å²) in [7, 11) is 0. The fourth-order valence-electron chi connectivity index (χ4n) is 1.90. The average Bonchev–Trinajstić information content (AvgIpc) is 2.52. The van der Waals surface area contributed by atoms with Crippen LogP contribution in [0.15, 0.2) is 24.4 Å². The van der Waals surface area contributed by atoms with E-state index in [0.717, 1.165) is 16.5 Å². The lowest BCUT2D eigenvalue weighted by molar-refractivity contribution is 0.102. The first-order valence-corrected chi connectivity index (χ1v) is 4.47. The fourth-order valence-corrected chi connectivity index (χ4v) is 1.90. The van der Waals surface area contributed by atoms with Crippen molar-refractivity contribution >= 4 is 22.4 Å². The number of anilines is 1. The van der Waals surface area contributed by atoms with Crippen molar-refractivity contribution in [1.29, 1.82) is 0 Å². The highest BCUT2D eigenvalue weighted by Gasteiger charge is 2.22. The molecule has 1 aromatic heterocycles. The SMILES string of the molecule is Cc1ccc2c3c(nccc13)C(=O)N2. The Morgan fingerprint density at radius 2 is 2.14 bits per heavy atom. The normalized spacial score (nSPS) is 13.4. The van der Waals surface area contributed by atoms with Crippen molar-refractivity contribution in [2.24, 2.45) is 0 Å². The lowest BCUT2D eigenvalue weighted by Gasteiger charge is -2.01. The molecule has 3 rings (SSSR count). The molecule has 1 aromatic carbocycles. The van der Waals surface area contributed by atoms with Crippen molar-refractivity contribution in [2.75, 3.05) is 5.32 Å². The quantitative estimate of drug-likeness (QED) is 0.681. The Labute approximate surface area is 80.8 Å². The van der Waals surface area contributed by atoms with Crippen LogP contribution < -0.4 is 5.32 Å². The molecule has 0 unspecified atom stereocenters. The molecule has 0 fully saturated rings. The van der Waals surface area contributed by atoms with Crippen LogP contribution in [0, 0.1) is 6.92 Å². The van der Waals surface area contributed by atoms with E-state index in [1.54, 1.807) is 6.20 Å². The zero-order valence-electron chi connectivity index (χ0n) is 7.66. The Morgan fingerprint density at radius 3 is 3.00 bits per heavy atom. The lowest BCUT2D eigenvalue weighted by atomic mass is 10.1. The van der Waals surface area contributed by atoms with Gasteiger partial charge in [-0.05, 0) is 30.0 Å². The summed E-state index contributed by atoms with van der Waals surface area (Å²) in [5, 5.41) is 4.86. The van der Waals surface area contributed by atoms with Crippen LogP contribution in [0.3, 0.4) is 0 Å². The van der Waals surface area contributed by atoms with Gasteiger partial charge in [0.05, 0.1) is 5.69 Å². The predicted octanol–water partition coefficient (Wildman–Crippen LogP) is 2.11. The van der Waals surface area contributed by atoms with Crippen molar-refractivity contribution in [3.8, 4) is 0 Å². The molecule has 1 aliphatic rings. The van der Waals surface area contributed by atoms with Crippen molar-refractivity contribution in [1.82, 2.24) is 4.98 Å². The molecule has 0 atom stereocenters. The van der Waals surface area contributed by atoms with Crippen LogP contribution in [0.2, 0.25) is 0 Å². The first-order valence-electron chi connectivity index (χ1n) is 4.47. The molecule has 0 saturated heterocycles. The van der Waals surface area contributed by atoms with Gasteiger partial charge >= 0.3 is 0 Å². The Morgan fingerprint density at radius 1 is 1.29 bits per heavy atom. The summed E-state index contributed by atoms with van der Waals surface area (Å²) in [6, 6.07) is 5.87. The highest BCUT2D eigenvalue weighted by atomic mass is 16.2. The van der Waals surface area contributed by atoms with Crippen molar-refractivity contribution in [3.63, 3.8) is 0 Å². The van der Waals surface area contributed by atoms with Crippen molar-refractivity contribution in [3.05, 3.63) is 35.7 Å². The number of pyridine rings is 1. The van der Waals surface area contributed by atoms with Crippen LogP contribution in [0.4, 0.5) is 5.69 Å². The third-order valence-corrected chi connectivity index (χ3v) is 2.61. The minimum Gasteiger partial charge on any atom is -0.320 e. The fraction of sp³-hybridized carbons (Fsp3) is 0.0909. The van der Waals surface area contributed by atoms with Gasteiger partial charge in [0.15, 0.2) is 0 Å². The molecule has 0 aliphatic carbocycles. The maximum absolute atomic E-state index is 11.5. The van der Waals surface area contributed by atoms with Gasteiger partial charge in [-0.2, -0.15) is 0 Å². The molecule has 3 nitrogen and oxygen atoms in total.